The van der Waals surface area contributed by atoms with Gasteiger partial charge in [-0.1, -0.05) is 18.2 Å². The SMILES string of the molecule is CC(Oc1ccccc1)C(=O)N1CCC(C(=O)NN)CC1. The molecule has 21 heavy (non-hydrogen) atoms. The number of benzene rings is 1. The third kappa shape index (κ3) is 3.95. The van der Waals surface area contributed by atoms with Gasteiger partial charge in [0.1, 0.15) is 5.75 Å². The first-order valence-corrected chi connectivity index (χ1v) is 7.12. The smallest absolute Gasteiger partial charge is 0.263 e. The topological polar surface area (TPSA) is 84.7 Å². The maximum Gasteiger partial charge on any atom is 0.263 e. The molecule has 1 atom stereocenters. The van der Waals surface area contributed by atoms with Gasteiger partial charge in [-0.25, -0.2) is 5.84 Å². The highest BCUT2D eigenvalue weighted by Gasteiger charge is 2.29. The van der Waals surface area contributed by atoms with Crippen molar-refractivity contribution in [3.8, 4) is 5.75 Å². The van der Waals surface area contributed by atoms with Crippen LogP contribution in [0.25, 0.3) is 0 Å². The molecule has 1 aliphatic rings. The molecule has 1 aromatic carbocycles. The first kappa shape index (κ1) is 15.3. The number of piperidine rings is 1. The summed E-state index contributed by atoms with van der Waals surface area (Å²) < 4.78 is 5.63. The van der Waals surface area contributed by atoms with Gasteiger partial charge in [0.05, 0.1) is 0 Å². The van der Waals surface area contributed by atoms with Crippen LogP contribution in [0.3, 0.4) is 0 Å². The van der Waals surface area contributed by atoms with E-state index >= 15 is 0 Å². The molecule has 1 aliphatic heterocycles. The number of nitrogens with two attached hydrogens (primary N) is 1. The Bertz CT molecular complexity index is 484. The van der Waals surface area contributed by atoms with Crippen LogP contribution < -0.4 is 16.0 Å². The monoisotopic (exact) mass is 291 g/mol. The Balaban J connectivity index is 1.85. The van der Waals surface area contributed by atoms with E-state index < -0.39 is 6.10 Å². The first-order valence-electron chi connectivity index (χ1n) is 7.12. The lowest BCUT2D eigenvalue weighted by atomic mass is 9.96. The molecule has 0 bridgehead atoms. The fourth-order valence-corrected chi connectivity index (χ4v) is 2.49. The Kier molecular flexibility index (Phi) is 5.16. The second kappa shape index (κ2) is 7.08. The summed E-state index contributed by atoms with van der Waals surface area (Å²) in [6.45, 7) is 2.85. The van der Waals surface area contributed by atoms with E-state index in [-0.39, 0.29) is 17.7 Å². The average Bonchev–Trinajstić information content (AvgIpc) is 2.54. The maximum absolute atomic E-state index is 12.3. The van der Waals surface area contributed by atoms with Crippen molar-refractivity contribution in [1.82, 2.24) is 10.3 Å². The Hall–Kier alpha value is -2.08. The van der Waals surface area contributed by atoms with Gasteiger partial charge in [-0.15, -0.1) is 0 Å². The van der Waals surface area contributed by atoms with Crippen molar-refractivity contribution in [2.75, 3.05) is 13.1 Å². The number of carbonyl (C=O) groups is 2. The largest absolute Gasteiger partial charge is 0.481 e. The maximum atomic E-state index is 12.3. The van der Waals surface area contributed by atoms with Crippen LogP contribution in [0.5, 0.6) is 5.75 Å². The zero-order valence-electron chi connectivity index (χ0n) is 12.1. The minimum absolute atomic E-state index is 0.0505. The van der Waals surface area contributed by atoms with Gasteiger partial charge in [0.2, 0.25) is 5.91 Å². The predicted octanol–water partition coefficient (Wildman–Crippen LogP) is 0.682. The molecule has 0 spiro atoms. The molecule has 0 saturated carbocycles. The fraction of sp³-hybridized carbons (Fsp3) is 0.467. The summed E-state index contributed by atoms with van der Waals surface area (Å²) in [6.07, 6.45) is 0.729. The van der Waals surface area contributed by atoms with E-state index in [0.29, 0.717) is 31.7 Å². The standard InChI is InChI=1S/C15H21N3O3/c1-11(21-13-5-3-2-4-6-13)15(20)18-9-7-12(8-10-18)14(19)17-16/h2-6,11-12H,7-10,16H2,1H3,(H,17,19). The molecule has 0 aromatic heterocycles. The van der Waals surface area contributed by atoms with E-state index in [2.05, 4.69) is 5.43 Å². The normalized spacial score (nSPS) is 17.1. The van der Waals surface area contributed by atoms with Gasteiger partial charge in [-0.2, -0.15) is 0 Å². The number of nitrogens with zero attached hydrogens (tertiary/aromatic N) is 1. The minimum Gasteiger partial charge on any atom is -0.481 e. The van der Waals surface area contributed by atoms with Crippen LogP contribution in [0, 0.1) is 5.92 Å². The van der Waals surface area contributed by atoms with Crippen molar-refractivity contribution in [2.24, 2.45) is 11.8 Å². The number of likely N-dealkylation sites (tertiary alicyclic amines) is 1. The van der Waals surface area contributed by atoms with E-state index in [0.717, 1.165) is 0 Å². The van der Waals surface area contributed by atoms with Gasteiger partial charge in [0, 0.05) is 19.0 Å². The molecule has 2 rings (SSSR count). The van der Waals surface area contributed by atoms with Crippen LogP contribution in [0.15, 0.2) is 30.3 Å². The van der Waals surface area contributed by atoms with Crippen LogP contribution in [0.2, 0.25) is 0 Å². The lowest BCUT2D eigenvalue weighted by Crippen LogP contribution is -2.47. The third-order valence-corrected chi connectivity index (χ3v) is 3.72. The Morgan fingerprint density at radius 1 is 1.29 bits per heavy atom. The summed E-state index contributed by atoms with van der Waals surface area (Å²) in [4.78, 5) is 25.5. The predicted molar refractivity (Wildman–Crippen MR) is 78.2 cm³/mol. The van der Waals surface area contributed by atoms with Gasteiger partial charge >= 0.3 is 0 Å². The molecule has 1 unspecified atom stereocenters. The Morgan fingerprint density at radius 3 is 2.48 bits per heavy atom. The van der Waals surface area contributed by atoms with Gasteiger partial charge in [0.15, 0.2) is 6.10 Å². The quantitative estimate of drug-likeness (QED) is 0.485. The number of hydrazine groups is 1. The summed E-state index contributed by atoms with van der Waals surface area (Å²) in [5.74, 6) is 5.49. The summed E-state index contributed by atoms with van der Waals surface area (Å²) in [6, 6.07) is 9.27. The molecule has 6 heteroatoms. The number of carbonyl (C=O) groups excluding carboxylic acids is 2. The van der Waals surface area contributed by atoms with Crippen LogP contribution in [0.1, 0.15) is 19.8 Å². The molecule has 1 heterocycles. The summed E-state index contributed by atoms with van der Waals surface area (Å²) in [5.41, 5.74) is 2.17. The highest BCUT2D eigenvalue weighted by Crippen LogP contribution is 2.19. The molecule has 3 N–H and O–H groups in total. The van der Waals surface area contributed by atoms with E-state index in [1.54, 1.807) is 11.8 Å². The van der Waals surface area contributed by atoms with Gasteiger partial charge in [-0.05, 0) is 31.9 Å². The fourth-order valence-electron chi connectivity index (χ4n) is 2.49. The minimum atomic E-state index is -0.535. The van der Waals surface area contributed by atoms with Crippen molar-refractivity contribution in [2.45, 2.75) is 25.9 Å². The molecule has 114 valence electrons. The molecule has 0 radical (unpaired) electrons. The molecule has 0 aliphatic carbocycles. The molecule has 6 nitrogen and oxygen atoms in total. The van der Waals surface area contributed by atoms with Crippen molar-refractivity contribution >= 4 is 11.8 Å². The van der Waals surface area contributed by atoms with Crippen LogP contribution in [0.4, 0.5) is 0 Å². The average molecular weight is 291 g/mol. The van der Waals surface area contributed by atoms with Crippen LogP contribution >= 0.6 is 0 Å². The highest BCUT2D eigenvalue weighted by molar-refractivity contribution is 5.82. The number of nitrogens with one attached hydrogen (secondary N) is 1. The van der Waals surface area contributed by atoms with E-state index in [9.17, 15) is 9.59 Å². The van der Waals surface area contributed by atoms with Crippen LogP contribution in [-0.2, 0) is 9.59 Å². The third-order valence-electron chi connectivity index (χ3n) is 3.72. The van der Waals surface area contributed by atoms with E-state index in [1.807, 2.05) is 30.3 Å². The summed E-state index contributed by atoms with van der Waals surface area (Å²) in [5, 5.41) is 0. The van der Waals surface area contributed by atoms with E-state index in [4.69, 9.17) is 10.6 Å². The van der Waals surface area contributed by atoms with Crippen LogP contribution in [-0.4, -0.2) is 35.9 Å². The number of ether oxygens (including phenoxy) is 1. The molecule has 1 saturated heterocycles. The zero-order chi connectivity index (χ0) is 15.2. The number of para-hydroxylation sites is 1. The lowest BCUT2D eigenvalue weighted by Gasteiger charge is -2.32. The Morgan fingerprint density at radius 2 is 1.90 bits per heavy atom. The van der Waals surface area contributed by atoms with Crippen molar-refractivity contribution < 1.29 is 14.3 Å². The van der Waals surface area contributed by atoms with Gasteiger partial charge < -0.3 is 9.64 Å². The Labute approximate surface area is 124 Å². The number of hydrogen-bond donors (Lipinski definition) is 2. The van der Waals surface area contributed by atoms with Crippen molar-refractivity contribution in [3.05, 3.63) is 30.3 Å². The number of amides is 2. The summed E-state index contributed by atoms with van der Waals surface area (Å²) in [7, 11) is 0. The molecule has 1 fully saturated rings. The van der Waals surface area contributed by atoms with Crippen molar-refractivity contribution in [3.63, 3.8) is 0 Å². The zero-order valence-corrected chi connectivity index (χ0v) is 12.1. The molecular formula is C15H21N3O3. The lowest BCUT2D eigenvalue weighted by molar-refractivity contribution is -0.141. The highest BCUT2D eigenvalue weighted by atomic mass is 16.5. The molecular weight excluding hydrogens is 270 g/mol. The second-order valence-corrected chi connectivity index (χ2v) is 5.18. The van der Waals surface area contributed by atoms with Crippen molar-refractivity contribution in [1.29, 1.82) is 0 Å². The van der Waals surface area contributed by atoms with E-state index in [1.165, 1.54) is 0 Å². The second-order valence-electron chi connectivity index (χ2n) is 5.18. The van der Waals surface area contributed by atoms with Gasteiger partial charge in [0.25, 0.3) is 5.91 Å². The first-order chi connectivity index (χ1) is 10.1. The molecule has 2 amide bonds. The summed E-state index contributed by atoms with van der Waals surface area (Å²) >= 11 is 0. The number of hydrogen-bond acceptors (Lipinski definition) is 4. The molecule has 1 aromatic rings. The van der Waals surface area contributed by atoms with Gasteiger partial charge in [-0.3, -0.25) is 15.0 Å². The number of rotatable bonds is 4.